The minimum Gasteiger partial charge on any atom is -0.378 e. The zero-order valence-electron chi connectivity index (χ0n) is 17.2. The van der Waals surface area contributed by atoms with Crippen LogP contribution < -0.4 is 4.90 Å². The molecule has 2 saturated heterocycles. The van der Waals surface area contributed by atoms with E-state index in [-0.39, 0.29) is 28.4 Å². The molecule has 2 aliphatic rings. The van der Waals surface area contributed by atoms with Gasteiger partial charge in [-0.3, -0.25) is 34.7 Å². The average molecular weight is 470 g/mol. The Kier molecular flexibility index (Phi) is 6.38. The van der Waals surface area contributed by atoms with E-state index >= 15 is 0 Å². The highest BCUT2D eigenvalue weighted by Crippen LogP contribution is 2.37. The number of nitro groups is 2. The Morgan fingerprint density at radius 3 is 2.45 bits per heavy atom. The van der Waals surface area contributed by atoms with Crippen molar-refractivity contribution in [1.82, 2.24) is 4.90 Å². The Morgan fingerprint density at radius 2 is 1.76 bits per heavy atom. The molecule has 11 nitrogen and oxygen atoms in total. The first-order chi connectivity index (χ1) is 15.8. The van der Waals surface area contributed by atoms with Crippen molar-refractivity contribution in [2.24, 2.45) is 0 Å². The van der Waals surface area contributed by atoms with Crippen molar-refractivity contribution in [3.05, 3.63) is 78.7 Å². The first kappa shape index (κ1) is 22.4. The molecule has 2 amide bonds. The number of nitro benzene ring substituents is 2. The van der Waals surface area contributed by atoms with E-state index in [4.69, 9.17) is 4.74 Å². The third kappa shape index (κ3) is 4.71. The van der Waals surface area contributed by atoms with Gasteiger partial charge in [0.05, 0.1) is 34.5 Å². The Hall–Kier alpha value is -3.77. The van der Waals surface area contributed by atoms with Gasteiger partial charge >= 0.3 is 0 Å². The van der Waals surface area contributed by atoms with Crippen molar-refractivity contribution in [2.45, 2.75) is 6.54 Å². The van der Waals surface area contributed by atoms with E-state index in [0.29, 0.717) is 49.3 Å². The number of morpholine rings is 1. The van der Waals surface area contributed by atoms with E-state index in [1.54, 1.807) is 12.1 Å². The number of anilines is 1. The first-order valence-electron chi connectivity index (χ1n) is 9.94. The van der Waals surface area contributed by atoms with Crippen molar-refractivity contribution < 1.29 is 24.2 Å². The SMILES string of the molecule is O=C1S/C(=C\c2cc([N+](=O)[O-])ccc2N2CCOCC2)C(=O)N1Cc1ccccc1[N+](=O)[O-]. The molecule has 0 saturated carbocycles. The number of amides is 2. The number of thioether (sulfide) groups is 1. The van der Waals surface area contributed by atoms with Gasteiger partial charge in [-0.1, -0.05) is 18.2 Å². The van der Waals surface area contributed by atoms with Crippen molar-refractivity contribution in [3.8, 4) is 0 Å². The maximum Gasteiger partial charge on any atom is 0.293 e. The molecule has 0 atom stereocenters. The van der Waals surface area contributed by atoms with Crippen LogP contribution in [-0.4, -0.2) is 52.2 Å². The summed E-state index contributed by atoms with van der Waals surface area (Å²) >= 11 is 0.695. The fourth-order valence-electron chi connectivity index (χ4n) is 3.63. The van der Waals surface area contributed by atoms with Gasteiger partial charge in [0.2, 0.25) is 0 Å². The van der Waals surface area contributed by atoms with Gasteiger partial charge in [0.15, 0.2) is 0 Å². The first-order valence-corrected chi connectivity index (χ1v) is 10.8. The minimum absolute atomic E-state index is 0.0913. The molecular formula is C21H18N4O7S. The molecule has 2 heterocycles. The minimum atomic E-state index is -0.609. The Labute approximate surface area is 191 Å². The van der Waals surface area contributed by atoms with Crippen molar-refractivity contribution >= 4 is 46.0 Å². The lowest BCUT2D eigenvalue weighted by molar-refractivity contribution is -0.385. The molecular weight excluding hydrogens is 452 g/mol. The van der Waals surface area contributed by atoms with Crippen LogP contribution in [0.15, 0.2) is 47.4 Å². The van der Waals surface area contributed by atoms with Crippen molar-refractivity contribution in [3.63, 3.8) is 0 Å². The molecule has 2 aromatic carbocycles. The average Bonchev–Trinajstić information content (AvgIpc) is 3.07. The number of para-hydroxylation sites is 1. The Balaban J connectivity index is 1.66. The van der Waals surface area contributed by atoms with Gasteiger partial charge in [-0.15, -0.1) is 0 Å². The third-order valence-electron chi connectivity index (χ3n) is 5.25. The summed E-state index contributed by atoms with van der Waals surface area (Å²) in [6.07, 6.45) is 1.46. The third-order valence-corrected chi connectivity index (χ3v) is 6.16. The number of hydrogen-bond donors (Lipinski definition) is 0. The van der Waals surface area contributed by atoms with Gasteiger partial charge in [-0.2, -0.15) is 0 Å². The molecule has 170 valence electrons. The molecule has 2 aromatic rings. The second kappa shape index (κ2) is 9.38. The van der Waals surface area contributed by atoms with Crippen LogP contribution in [-0.2, 0) is 16.1 Å². The summed E-state index contributed by atoms with van der Waals surface area (Å²) < 4.78 is 5.36. The van der Waals surface area contributed by atoms with Crippen LogP contribution in [0.5, 0.6) is 0 Å². The molecule has 12 heteroatoms. The quantitative estimate of drug-likeness (QED) is 0.352. The van der Waals surface area contributed by atoms with Crippen LogP contribution in [0.4, 0.5) is 21.9 Å². The highest BCUT2D eigenvalue weighted by Gasteiger charge is 2.36. The predicted molar refractivity (Wildman–Crippen MR) is 121 cm³/mol. The van der Waals surface area contributed by atoms with Gasteiger partial charge in [-0.05, 0) is 23.9 Å². The number of carbonyl (C=O) groups excluding carboxylic acids is 2. The van der Waals surface area contributed by atoms with Crippen LogP contribution >= 0.6 is 11.8 Å². The lowest BCUT2D eigenvalue weighted by Crippen LogP contribution is -2.36. The summed E-state index contributed by atoms with van der Waals surface area (Å²) in [4.78, 5) is 50.0. The smallest absolute Gasteiger partial charge is 0.293 e. The summed E-state index contributed by atoms with van der Waals surface area (Å²) in [5.41, 5.74) is 1.03. The van der Waals surface area contributed by atoms with Crippen LogP contribution in [0.3, 0.4) is 0 Å². The fourth-order valence-corrected chi connectivity index (χ4v) is 4.46. The summed E-state index contributed by atoms with van der Waals surface area (Å²) in [7, 11) is 0. The topological polar surface area (TPSA) is 136 Å². The number of ether oxygens (including phenoxy) is 1. The number of benzene rings is 2. The predicted octanol–water partition coefficient (Wildman–Crippen LogP) is 3.58. The summed E-state index contributed by atoms with van der Waals surface area (Å²) in [6, 6.07) is 10.3. The van der Waals surface area contributed by atoms with E-state index < -0.39 is 21.0 Å². The zero-order valence-corrected chi connectivity index (χ0v) is 18.0. The van der Waals surface area contributed by atoms with E-state index in [1.807, 2.05) is 4.90 Å². The van der Waals surface area contributed by atoms with Crippen LogP contribution in [0, 0.1) is 20.2 Å². The molecule has 0 bridgehead atoms. The van der Waals surface area contributed by atoms with Gasteiger partial charge in [0, 0.05) is 48.1 Å². The number of carbonyl (C=O) groups is 2. The summed E-state index contributed by atoms with van der Waals surface area (Å²) in [5.74, 6) is -0.609. The fraction of sp³-hybridized carbons (Fsp3) is 0.238. The molecule has 0 unspecified atom stereocenters. The lowest BCUT2D eigenvalue weighted by Gasteiger charge is -2.30. The van der Waals surface area contributed by atoms with Crippen molar-refractivity contribution in [1.29, 1.82) is 0 Å². The standard InChI is InChI=1S/C21H18N4O7S/c26-20-19(33-21(27)23(20)13-14-3-1-2-4-18(14)25(30)31)12-15-11-16(24(28)29)5-6-17(15)22-7-9-32-10-8-22/h1-6,11-12H,7-10,13H2/b19-12-. The van der Waals surface area contributed by atoms with Crippen LogP contribution in [0.1, 0.15) is 11.1 Å². The lowest BCUT2D eigenvalue weighted by atomic mass is 10.1. The number of hydrogen-bond acceptors (Lipinski definition) is 9. The number of nitrogens with zero attached hydrogens (tertiary/aromatic N) is 4. The maximum atomic E-state index is 13.0. The van der Waals surface area contributed by atoms with Crippen LogP contribution in [0.25, 0.3) is 6.08 Å². The zero-order chi connectivity index (χ0) is 23.5. The normalized spacial score (nSPS) is 17.6. The summed E-state index contributed by atoms with van der Waals surface area (Å²) in [5, 5.41) is 22.0. The van der Waals surface area contributed by atoms with E-state index in [9.17, 15) is 29.8 Å². The van der Waals surface area contributed by atoms with Gasteiger partial charge in [-0.25, -0.2) is 0 Å². The van der Waals surface area contributed by atoms with Gasteiger partial charge < -0.3 is 9.64 Å². The summed E-state index contributed by atoms with van der Waals surface area (Å²) in [6.45, 7) is 1.92. The molecule has 2 fully saturated rings. The largest absolute Gasteiger partial charge is 0.378 e. The monoisotopic (exact) mass is 470 g/mol. The number of non-ortho nitro benzene ring substituents is 1. The van der Waals surface area contributed by atoms with Crippen LogP contribution in [0.2, 0.25) is 0 Å². The molecule has 0 aliphatic carbocycles. The highest BCUT2D eigenvalue weighted by atomic mass is 32.2. The number of rotatable bonds is 6. The van der Waals surface area contributed by atoms with Gasteiger partial charge in [0.1, 0.15) is 0 Å². The Morgan fingerprint density at radius 1 is 1.03 bits per heavy atom. The molecule has 2 aliphatic heterocycles. The van der Waals surface area contributed by atoms with E-state index in [2.05, 4.69) is 0 Å². The molecule has 0 radical (unpaired) electrons. The molecule has 0 aromatic heterocycles. The van der Waals surface area contributed by atoms with E-state index in [1.165, 1.54) is 36.4 Å². The molecule has 0 spiro atoms. The number of imide groups is 1. The Bertz CT molecular complexity index is 1180. The molecule has 4 rings (SSSR count). The van der Waals surface area contributed by atoms with Crippen molar-refractivity contribution in [2.75, 3.05) is 31.2 Å². The maximum absolute atomic E-state index is 13.0. The van der Waals surface area contributed by atoms with Gasteiger partial charge in [0.25, 0.3) is 22.5 Å². The van der Waals surface area contributed by atoms with E-state index in [0.717, 1.165) is 4.90 Å². The highest BCUT2D eigenvalue weighted by molar-refractivity contribution is 8.18. The molecule has 33 heavy (non-hydrogen) atoms. The second-order valence-corrected chi connectivity index (χ2v) is 8.25. The second-order valence-electron chi connectivity index (χ2n) is 7.25. The molecule has 0 N–H and O–H groups in total.